The van der Waals surface area contributed by atoms with E-state index in [4.69, 9.17) is 0 Å². The fourth-order valence-electron chi connectivity index (χ4n) is 1.87. The fourth-order valence-corrected chi connectivity index (χ4v) is 2.26. The Labute approximate surface area is 138 Å². The molecule has 114 valence electrons. The van der Waals surface area contributed by atoms with E-state index in [9.17, 15) is 9.59 Å². The van der Waals surface area contributed by atoms with Crippen LogP contribution in [-0.2, 0) is 16.1 Å². The second kappa shape index (κ2) is 7.75. The van der Waals surface area contributed by atoms with Crippen LogP contribution in [0.2, 0.25) is 0 Å². The van der Waals surface area contributed by atoms with E-state index in [0.29, 0.717) is 12.2 Å². The first kappa shape index (κ1) is 16.2. The highest BCUT2D eigenvalue weighted by atomic mass is 79.9. The van der Waals surface area contributed by atoms with E-state index >= 15 is 0 Å². The minimum absolute atomic E-state index is 0.201. The van der Waals surface area contributed by atoms with Gasteiger partial charge in [0, 0.05) is 11.0 Å². The van der Waals surface area contributed by atoms with Gasteiger partial charge in [-0.25, -0.2) is 0 Å². The number of carbonyl (C=O) groups is 2. The summed E-state index contributed by atoms with van der Waals surface area (Å²) in [6.07, 6.45) is -0.201. The van der Waals surface area contributed by atoms with Gasteiger partial charge in [0.2, 0.25) is 11.8 Å². The van der Waals surface area contributed by atoms with Gasteiger partial charge in [0.25, 0.3) is 0 Å². The van der Waals surface area contributed by atoms with Crippen molar-refractivity contribution in [2.24, 2.45) is 0 Å². The highest BCUT2D eigenvalue weighted by molar-refractivity contribution is 9.10. The van der Waals surface area contributed by atoms with Crippen LogP contribution < -0.4 is 10.6 Å². The number of para-hydroxylation sites is 1. The highest BCUT2D eigenvalue weighted by Gasteiger charge is 2.10. The molecule has 0 aliphatic carbocycles. The van der Waals surface area contributed by atoms with Crippen molar-refractivity contribution in [3.63, 3.8) is 0 Å². The number of amides is 2. The first-order valence-electron chi connectivity index (χ1n) is 6.91. The molecule has 0 unspecified atom stereocenters. The smallest absolute Gasteiger partial charge is 0.233 e. The summed E-state index contributed by atoms with van der Waals surface area (Å²) >= 11 is 3.34. The molecule has 4 nitrogen and oxygen atoms in total. The van der Waals surface area contributed by atoms with Gasteiger partial charge in [0.1, 0.15) is 6.42 Å². The molecule has 0 aliphatic heterocycles. The van der Waals surface area contributed by atoms with Crippen LogP contribution in [0.15, 0.2) is 53.0 Å². The lowest BCUT2D eigenvalue weighted by Gasteiger charge is -2.08. The minimum Gasteiger partial charge on any atom is -0.352 e. The van der Waals surface area contributed by atoms with Gasteiger partial charge >= 0.3 is 0 Å². The third kappa shape index (κ3) is 5.00. The second-order valence-electron chi connectivity index (χ2n) is 4.97. The van der Waals surface area contributed by atoms with Gasteiger partial charge in [-0.3, -0.25) is 9.59 Å². The molecule has 0 spiro atoms. The fraction of sp³-hybridized carbons (Fsp3) is 0.176. The predicted molar refractivity (Wildman–Crippen MR) is 90.4 cm³/mol. The highest BCUT2D eigenvalue weighted by Crippen LogP contribution is 2.21. The van der Waals surface area contributed by atoms with Gasteiger partial charge in [0.15, 0.2) is 0 Å². The number of hydrogen-bond acceptors (Lipinski definition) is 2. The standard InChI is InChI=1S/C17H17BrN2O2/c1-12-6-8-13(9-7-12)11-19-16(21)10-17(22)20-15-5-3-2-4-14(15)18/h2-9H,10-11H2,1H3,(H,19,21)(H,20,22). The molecule has 0 bridgehead atoms. The molecule has 2 N–H and O–H groups in total. The van der Waals surface area contributed by atoms with Crippen LogP contribution in [0.4, 0.5) is 5.69 Å². The summed E-state index contributed by atoms with van der Waals surface area (Å²) in [5, 5.41) is 5.44. The quantitative estimate of drug-likeness (QED) is 0.802. The minimum atomic E-state index is -0.340. The topological polar surface area (TPSA) is 58.2 Å². The zero-order valence-corrected chi connectivity index (χ0v) is 13.8. The summed E-state index contributed by atoms with van der Waals surface area (Å²) in [5.74, 6) is -0.640. The Morgan fingerprint density at radius 3 is 2.36 bits per heavy atom. The van der Waals surface area contributed by atoms with E-state index in [1.165, 1.54) is 5.56 Å². The molecule has 0 heterocycles. The van der Waals surface area contributed by atoms with Crippen molar-refractivity contribution in [3.05, 3.63) is 64.1 Å². The Kier molecular flexibility index (Phi) is 5.72. The Bertz CT molecular complexity index is 669. The van der Waals surface area contributed by atoms with Crippen molar-refractivity contribution < 1.29 is 9.59 Å². The maximum atomic E-state index is 11.8. The van der Waals surface area contributed by atoms with Crippen molar-refractivity contribution >= 4 is 33.4 Å². The molecule has 0 saturated carbocycles. The zero-order valence-electron chi connectivity index (χ0n) is 12.2. The molecular formula is C17H17BrN2O2. The molecule has 0 aromatic heterocycles. The number of anilines is 1. The lowest BCUT2D eigenvalue weighted by molar-refractivity contribution is -0.126. The van der Waals surface area contributed by atoms with Crippen LogP contribution in [0.1, 0.15) is 17.5 Å². The lowest BCUT2D eigenvalue weighted by atomic mass is 10.1. The number of halogens is 1. The summed E-state index contributed by atoms with van der Waals surface area (Å²) in [4.78, 5) is 23.6. The first-order valence-corrected chi connectivity index (χ1v) is 7.70. The van der Waals surface area contributed by atoms with Crippen LogP contribution >= 0.6 is 15.9 Å². The predicted octanol–water partition coefficient (Wildman–Crippen LogP) is 3.40. The van der Waals surface area contributed by atoms with E-state index in [2.05, 4.69) is 26.6 Å². The van der Waals surface area contributed by atoms with Gasteiger partial charge in [-0.15, -0.1) is 0 Å². The van der Waals surface area contributed by atoms with Crippen LogP contribution in [0, 0.1) is 6.92 Å². The average Bonchev–Trinajstić information content (AvgIpc) is 2.49. The summed E-state index contributed by atoms with van der Waals surface area (Å²) in [5.41, 5.74) is 2.83. The summed E-state index contributed by atoms with van der Waals surface area (Å²) in [6.45, 7) is 2.43. The molecule has 2 aromatic carbocycles. The number of aryl methyl sites for hydroxylation is 1. The maximum Gasteiger partial charge on any atom is 0.233 e. The van der Waals surface area contributed by atoms with Gasteiger partial charge in [-0.2, -0.15) is 0 Å². The summed E-state index contributed by atoms with van der Waals surface area (Å²) < 4.78 is 0.781. The Morgan fingerprint density at radius 1 is 1.00 bits per heavy atom. The molecule has 5 heteroatoms. The molecular weight excluding hydrogens is 344 g/mol. The third-order valence-corrected chi connectivity index (χ3v) is 3.77. The summed E-state index contributed by atoms with van der Waals surface area (Å²) in [6, 6.07) is 15.2. The van der Waals surface area contributed by atoms with Crippen LogP contribution in [0.3, 0.4) is 0 Å². The van der Waals surface area contributed by atoms with Crippen molar-refractivity contribution in [1.29, 1.82) is 0 Å². The molecule has 0 fully saturated rings. The molecule has 0 aliphatic rings. The molecule has 2 amide bonds. The SMILES string of the molecule is Cc1ccc(CNC(=O)CC(=O)Nc2ccccc2Br)cc1. The third-order valence-electron chi connectivity index (χ3n) is 3.08. The number of carbonyl (C=O) groups excluding carboxylic acids is 2. The Hall–Kier alpha value is -2.14. The maximum absolute atomic E-state index is 11.8. The summed E-state index contributed by atoms with van der Waals surface area (Å²) in [7, 11) is 0. The monoisotopic (exact) mass is 360 g/mol. The largest absolute Gasteiger partial charge is 0.352 e. The van der Waals surface area contributed by atoms with Crippen molar-refractivity contribution in [3.8, 4) is 0 Å². The normalized spacial score (nSPS) is 10.1. The Balaban J connectivity index is 1.80. The van der Waals surface area contributed by atoms with Crippen molar-refractivity contribution in [2.75, 3.05) is 5.32 Å². The van der Waals surface area contributed by atoms with E-state index in [0.717, 1.165) is 10.0 Å². The second-order valence-corrected chi connectivity index (χ2v) is 5.82. The van der Waals surface area contributed by atoms with E-state index in [1.807, 2.05) is 49.4 Å². The molecule has 2 rings (SSSR count). The Morgan fingerprint density at radius 2 is 1.68 bits per heavy atom. The molecule has 0 saturated heterocycles. The average molecular weight is 361 g/mol. The lowest BCUT2D eigenvalue weighted by Crippen LogP contribution is -2.27. The van der Waals surface area contributed by atoms with Crippen molar-refractivity contribution in [1.82, 2.24) is 5.32 Å². The number of hydrogen-bond donors (Lipinski definition) is 2. The number of nitrogens with one attached hydrogen (secondary N) is 2. The van der Waals surface area contributed by atoms with Crippen LogP contribution in [-0.4, -0.2) is 11.8 Å². The van der Waals surface area contributed by atoms with Crippen LogP contribution in [0.5, 0.6) is 0 Å². The van der Waals surface area contributed by atoms with Gasteiger partial charge < -0.3 is 10.6 Å². The molecule has 2 aromatic rings. The van der Waals surface area contributed by atoms with Crippen molar-refractivity contribution in [2.45, 2.75) is 19.9 Å². The van der Waals surface area contributed by atoms with Gasteiger partial charge in [0.05, 0.1) is 5.69 Å². The van der Waals surface area contributed by atoms with Crippen LogP contribution in [0.25, 0.3) is 0 Å². The number of benzene rings is 2. The van der Waals surface area contributed by atoms with Gasteiger partial charge in [-0.1, -0.05) is 42.0 Å². The molecule has 22 heavy (non-hydrogen) atoms. The van der Waals surface area contributed by atoms with Gasteiger partial charge in [-0.05, 0) is 40.5 Å². The molecule has 0 radical (unpaired) electrons. The van der Waals surface area contributed by atoms with E-state index in [-0.39, 0.29) is 18.2 Å². The van der Waals surface area contributed by atoms with E-state index < -0.39 is 0 Å². The first-order chi connectivity index (χ1) is 10.5. The zero-order chi connectivity index (χ0) is 15.9. The number of rotatable bonds is 5. The van der Waals surface area contributed by atoms with E-state index in [1.54, 1.807) is 6.07 Å². The molecule has 0 atom stereocenters.